The Hall–Kier alpha value is -1.42. The van der Waals surface area contributed by atoms with Crippen LogP contribution in [0, 0.1) is 5.82 Å². The van der Waals surface area contributed by atoms with Crippen LogP contribution in [0.25, 0.3) is 0 Å². The van der Waals surface area contributed by atoms with Gasteiger partial charge in [0, 0.05) is 13.2 Å². The predicted molar refractivity (Wildman–Crippen MR) is 48.9 cm³/mol. The van der Waals surface area contributed by atoms with Crippen LogP contribution in [0.5, 0.6) is 5.75 Å². The molecule has 0 atom stereocenters. The second kappa shape index (κ2) is 4.72. The number of ether oxygens (including phenoxy) is 2. The van der Waals surface area contributed by atoms with E-state index < -0.39 is 5.82 Å². The smallest absolute Gasteiger partial charge is 0.188 e. The second-order valence-corrected chi connectivity index (χ2v) is 2.75. The zero-order chi connectivity index (χ0) is 10.6. The van der Waals surface area contributed by atoms with Crippen LogP contribution in [0.2, 0.25) is 0 Å². The van der Waals surface area contributed by atoms with Crippen molar-refractivity contribution < 1.29 is 18.7 Å². The molecule has 1 aromatic carbocycles. The van der Waals surface area contributed by atoms with Gasteiger partial charge >= 0.3 is 0 Å². The molecule has 4 heteroatoms. The molecular weight excluding hydrogens is 187 g/mol. The van der Waals surface area contributed by atoms with Crippen LogP contribution in [-0.2, 0) is 4.74 Å². The first-order chi connectivity index (χ1) is 6.65. The van der Waals surface area contributed by atoms with Crippen LogP contribution in [0.3, 0.4) is 0 Å². The Morgan fingerprint density at radius 1 is 1.50 bits per heavy atom. The van der Waals surface area contributed by atoms with E-state index in [1.807, 2.05) is 0 Å². The van der Waals surface area contributed by atoms with E-state index in [0.29, 0.717) is 5.56 Å². The van der Waals surface area contributed by atoms with Gasteiger partial charge in [0.25, 0.3) is 0 Å². The molecule has 0 spiro atoms. The van der Waals surface area contributed by atoms with E-state index in [9.17, 15) is 9.18 Å². The van der Waals surface area contributed by atoms with E-state index in [1.54, 1.807) is 0 Å². The molecule has 0 aliphatic carbocycles. The van der Waals surface area contributed by atoms with Gasteiger partial charge in [-0.25, -0.2) is 4.39 Å². The average Bonchev–Trinajstić information content (AvgIpc) is 2.14. The molecule has 0 amide bonds. The third-order valence-electron chi connectivity index (χ3n) is 1.66. The summed E-state index contributed by atoms with van der Waals surface area (Å²) in [7, 11) is 1.45. The summed E-state index contributed by atoms with van der Waals surface area (Å²) in [5, 5.41) is 0. The van der Waals surface area contributed by atoms with Crippen molar-refractivity contribution in [2.75, 3.05) is 13.9 Å². The van der Waals surface area contributed by atoms with Gasteiger partial charge in [-0.1, -0.05) is 0 Å². The first-order valence-electron chi connectivity index (χ1n) is 4.07. The number of Topliss-reactive ketones (excluding diaryl/α,β-unsaturated/α-hetero) is 1. The number of halogens is 1. The standard InChI is InChI=1S/C10H11FO3/c1-7(12)9-4-3-8(11)5-10(9)14-6-13-2/h3-5H,6H2,1-2H3. The fourth-order valence-corrected chi connectivity index (χ4v) is 1.03. The molecule has 0 radical (unpaired) electrons. The van der Waals surface area contributed by atoms with E-state index in [1.165, 1.54) is 26.2 Å². The summed E-state index contributed by atoms with van der Waals surface area (Å²) in [5.74, 6) is -0.406. The lowest BCUT2D eigenvalue weighted by Crippen LogP contribution is -2.04. The Kier molecular flexibility index (Phi) is 3.59. The minimum atomic E-state index is -0.443. The van der Waals surface area contributed by atoms with Crippen LogP contribution in [0.4, 0.5) is 4.39 Å². The number of carbonyl (C=O) groups excluding carboxylic acids is 1. The normalized spacial score (nSPS) is 9.93. The van der Waals surface area contributed by atoms with Crippen molar-refractivity contribution in [1.82, 2.24) is 0 Å². The van der Waals surface area contributed by atoms with Crippen molar-refractivity contribution in [3.05, 3.63) is 29.6 Å². The summed E-state index contributed by atoms with van der Waals surface area (Å²) < 4.78 is 22.5. The Balaban J connectivity index is 2.97. The lowest BCUT2D eigenvalue weighted by molar-refractivity contribution is 0.0501. The monoisotopic (exact) mass is 198 g/mol. The Morgan fingerprint density at radius 3 is 2.79 bits per heavy atom. The van der Waals surface area contributed by atoms with Crippen molar-refractivity contribution in [1.29, 1.82) is 0 Å². The summed E-state index contributed by atoms with van der Waals surface area (Å²) in [5.41, 5.74) is 0.350. The number of hydrogen-bond donors (Lipinski definition) is 0. The average molecular weight is 198 g/mol. The molecule has 0 bridgehead atoms. The lowest BCUT2D eigenvalue weighted by atomic mass is 10.1. The molecule has 0 aliphatic rings. The third-order valence-corrected chi connectivity index (χ3v) is 1.66. The molecule has 76 valence electrons. The number of rotatable bonds is 4. The van der Waals surface area contributed by atoms with Gasteiger partial charge < -0.3 is 9.47 Å². The molecule has 0 aliphatic heterocycles. The maximum absolute atomic E-state index is 12.8. The Morgan fingerprint density at radius 2 is 2.21 bits per heavy atom. The van der Waals surface area contributed by atoms with Crippen molar-refractivity contribution >= 4 is 5.78 Å². The number of benzene rings is 1. The van der Waals surface area contributed by atoms with Gasteiger partial charge in [-0.2, -0.15) is 0 Å². The summed E-state index contributed by atoms with van der Waals surface area (Å²) in [4.78, 5) is 11.1. The van der Waals surface area contributed by atoms with E-state index >= 15 is 0 Å². The fourth-order valence-electron chi connectivity index (χ4n) is 1.03. The van der Waals surface area contributed by atoms with E-state index in [4.69, 9.17) is 4.74 Å². The minimum absolute atomic E-state index is 0.0102. The zero-order valence-electron chi connectivity index (χ0n) is 8.04. The fraction of sp³-hybridized carbons (Fsp3) is 0.300. The number of carbonyl (C=O) groups is 1. The minimum Gasteiger partial charge on any atom is -0.467 e. The van der Waals surface area contributed by atoms with Crippen molar-refractivity contribution in [3.63, 3.8) is 0 Å². The zero-order valence-corrected chi connectivity index (χ0v) is 8.04. The Bertz CT molecular complexity index is 336. The van der Waals surface area contributed by atoms with Crippen LogP contribution in [0.15, 0.2) is 18.2 Å². The summed E-state index contributed by atoms with van der Waals surface area (Å²) >= 11 is 0. The molecule has 1 aromatic rings. The molecule has 0 aromatic heterocycles. The topological polar surface area (TPSA) is 35.5 Å². The second-order valence-electron chi connectivity index (χ2n) is 2.75. The first kappa shape index (κ1) is 10.7. The molecule has 0 heterocycles. The molecule has 3 nitrogen and oxygen atoms in total. The van der Waals surface area contributed by atoms with Crippen molar-refractivity contribution in [2.24, 2.45) is 0 Å². The SMILES string of the molecule is COCOc1cc(F)ccc1C(C)=O. The molecule has 0 saturated carbocycles. The quantitative estimate of drug-likeness (QED) is 0.548. The number of hydrogen-bond acceptors (Lipinski definition) is 3. The predicted octanol–water partition coefficient (Wildman–Crippen LogP) is 2.01. The molecule has 0 saturated heterocycles. The maximum atomic E-state index is 12.8. The summed E-state index contributed by atoms with van der Waals surface area (Å²) in [6.45, 7) is 1.39. The summed E-state index contributed by atoms with van der Waals surface area (Å²) in [6.07, 6.45) is 0. The van der Waals surface area contributed by atoms with Crippen LogP contribution >= 0.6 is 0 Å². The Labute approximate surface area is 81.4 Å². The number of methoxy groups -OCH3 is 1. The largest absolute Gasteiger partial charge is 0.467 e. The molecule has 0 N–H and O–H groups in total. The number of ketones is 1. The van der Waals surface area contributed by atoms with Crippen molar-refractivity contribution in [3.8, 4) is 5.75 Å². The van der Waals surface area contributed by atoms with Gasteiger partial charge in [0.1, 0.15) is 11.6 Å². The van der Waals surface area contributed by atoms with Crippen molar-refractivity contribution in [2.45, 2.75) is 6.92 Å². The van der Waals surface area contributed by atoms with E-state index in [2.05, 4.69) is 4.74 Å². The van der Waals surface area contributed by atoms with E-state index in [0.717, 1.165) is 6.07 Å². The molecule has 0 fully saturated rings. The van der Waals surface area contributed by atoms with Crippen LogP contribution < -0.4 is 4.74 Å². The van der Waals surface area contributed by atoms with E-state index in [-0.39, 0.29) is 18.3 Å². The third kappa shape index (κ3) is 2.53. The molecule has 0 unspecified atom stereocenters. The molecular formula is C10H11FO3. The highest BCUT2D eigenvalue weighted by molar-refractivity contribution is 5.96. The molecule has 14 heavy (non-hydrogen) atoms. The van der Waals surface area contributed by atoms with Crippen LogP contribution in [-0.4, -0.2) is 19.7 Å². The van der Waals surface area contributed by atoms with Gasteiger partial charge in [0.2, 0.25) is 0 Å². The van der Waals surface area contributed by atoms with Gasteiger partial charge in [-0.05, 0) is 19.1 Å². The highest BCUT2D eigenvalue weighted by Crippen LogP contribution is 2.20. The van der Waals surface area contributed by atoms with Gasteiger partial charge in [-0.3, -0.25) is 4.79 Å². The lowest BCUT2D eigenvalue weighted by Gasteiger charge is -2.08. The van der Waals surface area contributed by atoms with Gasteiger partial charge in [0.05, 0.1) is 5.56 Å². The first-order valence-corrected chi connectivity index (χ1v) is 4.07. The summed E-state index contributed by atoms with van der Waals surface area (Å²) in [6, 6.07) is 3.77. The highest BCUT2D eigenvalue weighted by Gasteiger charge is 2.09. The van der Waals surface area contributed by atoms with Gasteiger partial charge in [-0.15, -0.1) is 0 Å². The highest BCUT2D eigenvalue weighted by atomic mass is 19.1. The maximum Gasteiger partial charge on any atom is 0.188 e. The van der Waals surface area contributed by atoms with Crippen LogP contribution in [0.1, 0.15) is 17.3 Å². The van der Waals surface area contributed by atoms with Gasteiger partial charge in [0.15, 0.2) is 12.6 Å². The molecule has 1 rings (SSSR count).